The maximum Gasteiger partial charge on any atom is 0.408 e. The van der Waals surface area contributed by atoms with E-state index in [1.165, 1.54) is 4.90 Å². The number of hydrogen-bond acceptors (Lipinski definition) is 5. The van der Waals surface area contributed by atoms with Crippen molar-refractivity contribution in [3.63, 3.8) is 0 Å². The van der Waals surface area contributed by atoms with Crippen molar-refractivity contribution in [1.82, 2.24) is 15.5 Å². The Hall–Kier alpha value is -2.61. The van der Waals surface area contributed by atoms with Crippen molar-refractivity contribution < 1.29 is 24.2 Å². The molecule has 3 N–H and O–H groups in total. The number of nitrogens with zero attached hydrogens (tertiary/aromatic N) is 1. The van der Waals surface area contributed by atoms with Gasteiger partial charge < -0.3 is 25.4 Å². The van der Waals surface area contributed by atoms with E-state index >= 15 is 0 Å². The number of amides is 3. The summed E-state index contributed by atoms with van der Waals surface area (Å²) in [6, 6.07) is 5.30. The summed E-state index contributed by atoms with van der Waals surface area (Å²) in [5.41, 5.74) is 1.07. The quantitative estimate of drug-likeness (QED) is 0.539. The molecule has 1 fully saturated rings. The van der Waals surface area contributed by atoms with Crippen molar-refractivity contribution in [1.29, 1.82) is 0 Å². The number of hydrogen-bond donors (Lipinski definition) is 3. The van der Waals surface area contributed by atoms with Gasteiger partial charge in [-0.2, -0.15) is 0 Å². The molecule has 1 aromatic carbocycles. The van der Waals surface area contributed by atoms with Gasteiger partial charge in [0.25, 0.3) is 0 Å². The zero-order chi connectivity index (χ0) is 24.1. The summed E-state index contributed by atoms with van der Waals surface area (Å²) in [6.45, 7) is 10.3. The number of aryl methyl sites for hydroxylation is 1. The molecule has 8 nitrogen and oxygen atoms in total. The standard InChI is InChI=1S/C24H37N3O5/c1-7-16-8-10-17(11-9-16)20(21(29)25-15(2)3)27(18-12-13-18)22(30)19(14-28)26-23(31)32-24(4,5)6/h8-11,15,18-20,28H,7,12-14H2,1-6H3,(H,25,29)(H,26,31). The lowest BCUT2D eigenvalue weighted by Crippen LogP contribution is -2.55. The molecule has 1 aromatic rings. The van der Waals surface area contributed by atoms with Crippen molar-refractivity contribution in [2.75, 3.05) is 6.61 Å². The Labute approximate surface area is 190 Å². The molecule has 0 aliphatic heterocycles. The molecule has 1 saturated carbocycles. The number of carbonyl (C=O) groups excluding carboxylic acids is 3. The van der Waals surface area contributed by atoms with E-state index in [9.17, 15) is 19.5 Å². The molecule has 0 aromatic heterocycles. The van der Waals surface area contributed by atoms with Gasteiger partial charge in [0.05, 0.1) is 6.61 Å². The van der Waals surface area contributed by atoms with Crippen LogP contribution in [-0.4, -0.2) is 58.2 Å². The highest BCUT2D eigenvalue weighted by molar-refractivity contribution is 5.92. The Balaban J connectivity index is 2.36. The lowest BCUT2D eigenvalue weighted by atomic mass is 10.00. The highest BCUT2D eigenvalue weighted by atomic mass is 16.6. The number of aliphatic hydroxyl groups excluding tert-OH is 1. The maximum atomic E-state index is 13.5. The van der Waals surface area contributed by atoms with Gasteiger partial charge in [-0.15, -0.1) is 0 Å². The number of rotatable bonds is 9. The van der Waals surface area contributed by atoms with E-state index in [0.717, 1.165) is 24.8 Å². The fourth-order valence-corrected chi connectivity index (χ4v) is 3.42. The molecule has 3 amide bonds. The molecule has 8 heteroatoms. The summed E-state index contributed by atoms with van der Waals surface area (Å²) in [4.78, 5) is 40.5. The third-order valence-corrected chi connectivity index (χ3v) is 5.03. The second kappa shape index (κ2) is 10.8. The second-order valence-electron chi connectivity index (χ2n) is 9.52. The molecule has 2 atom stereocenters. The molecular formula is C24H37N3O5. The van der Waals surface area contributed by atoms with Crippen LogP contribution in [0.5, 0.6) is 0 Å². The zero-order valence-corrected chi connectivity index (χ0v) is 20.0. The summed E-state index contributed by atoms with van der Waals surface area (Å²) in [7, 11) is 0. The lowest BCUT2D eigenvalue weighted by Gasteiger charge is -2.34. The summed E-state index contributed by atoms with van der Waals surface area (Å²) in [5.74, 6) is -0.803. The minimum atomic E-state index is -1.21. The van der Waals surface area contributed by atoms with Gasteiger partial charge in [0.1, 0.15) is 17.7 Å². The Morgan fingerprint density at radius 1 is 1.12 bits per heavy atom. The molecule has 32 heavy (non-hydrogen) atoms. The summed E-state index contributed by atoms with van der Waals surface area (Å²) in [6.07, 6.45) is 1.58. The molecule has 2 unspecified atom stereocenters. The third-order valence-electron chi connectivity index (χ3n) is 5.03. The smallest absolute Gasteiger partial charge is 0.408 e. The molecule has 2 rings (SSSR count). The van der Waals surface area contributed by atoms with Gasteiger partial charge in [0.15, 0.2) is 0 Å². The number of alkyl carbamates (subject to hydrolysis) is 1. The molecule has 0 spiro atoms. The molecule has 0 radical (unpaired) electrons. The highest BCUT2D eigenvalue weighted by Gasteiger charge is 2.44. The average Bonchev–Trinajstić information content (AvgIpc) is 3.52. The first-order valence-corrected chi connectivity index (χ1v) is 11.3. The number of ether oxygens (including phenoxy) is 1. The van der Waals surface area contributed by atoms with E-state index in [4.69, 9.17) is 4.74 Å². The van der Waals surface area contributed by atoms with Gasteiger partial charge in [-0.3, -0.25) is 9.59 Å². The minimum absolute atomic E-state index is 0.107. The molecule has 0 heterocycles. The topological polar surface area (TPSA) is 108 Å². The van der Waals surface area contributed by atoms with Gasteiger partial charge in [0, 0.05) is 12.1 Å². The molecule has 0 saturated heterocycles. The molecular weight excluding hydrogens is 410 g/mol. The number of carbonyl (C=O) groups is 3. The maximum absolute atomic E-state index is 13.5. The average molecular weight is 448 g/mol. The van der Waals surface area contributed by atoms with E-state index in [1.807, 2.05) is 45.0 Å². The number of nitrogens with one attached hydrogen (secondary N) is 2. The zero-order valence-electron chi connectivity index (χ0n) is 20.0. The van der Waals surface area contributed by atoms with Crippen molar-refractivity contribution in [2.24, 2.45) is 0 Å². The fourth-order valence-electron chi connectivity index (χ4n) is 3.42. The van der Waals surface area contributed by atoms with Crippen LogP contribution in [-0.2, 0) is 20.7 Å². The highest BCUT2D eigenvalue weighted by Crippen LogP contribution is 2.35. The van der Waals surface area contributed by atoms with Gasteiger partial charge in [-0.25, -0.2) is 4.79 Å². The van der Waals surface area contributed by atoms with Crippen molar-refractivity contribution in [2.45, 2.75) is 90.6 Å². The van der Waals surface area contributed by atoms with Crippen molar-refractivity contribution >= 4 is 17.9 Å². The van der Waals surface area contributed by atoms with Crippen LogP contribution in [0, 0.1) is 0 Å². The monoisotopic (exact) mass is 447 g/mol. The van der Waals surface area contributed by atoms with Gasteiger partial charge >= 0.3 is 6.09 Å². The summed E-state index contributed by atoms with van der Waals surface area (Å²) >= 11 is 0. The van der Waals surface area contributed by atoms with Crippen LogP contribution in [0.25, 0.3) is 0 Å². The predicted molar refractivity (Wildman–Crippen MR) is 122 cm³/mol. The second-order valence-corrected chi connectivity index (χ2v) is 9.52. The Morgan fingerprint density at radius 3 is 2.16 bits per heavy atom. The van der Waals surface area contributed by atoms with Crippen LogP contribution in [0.15, 0.2) is 24.3 Å². The van der Waals surface area contributed by atoms with Crippen LogP contribution in [0.4, 0.5) is 4.79 Å². The lowest BCUT2D eigenvalue weighted by molar-refractivity contribution is -0.144. The number of benzene rings is 1. The first kappa shape index (κ1) is 25.6. The van der Waals surface area contributed by atoms with E-state index in [-0.39, 0.29) is 18.0 Å². The Kier molecular flexibility index (Phi) is 8.66. The van der Waals surface area contributed by atoms with Crippen LogP contribution < -0.4 is 10.6 Å². The summed E-state index contributed by atoms with van der Waals surface area (Å²) < 4.78 is 5.24. The van der Waals surface area contributed by atoms with Crippen LogP contribution in [0.2, 0.25) is 0 Å². The Morgan fingerprint density at radius 2 is 1.72 bits per heavy atom. The van der Waals surface area contributed by atoms with E-state index in [2.05, 4.69) is 10.6 Å². The third kappa shape index (κ3) is 7.22. The van der Waals surface area contributed by atoms with E-state index in [0.29, 0.717) is 5.56 Å². The van der Waals surface area contributed by atoms with Gasteiger partial charge in [-0.1, -0.05) is 31.2 Å². The van der Waals surface area contributed by atoms with E-state index < -0.39 is 36.3 Å². The molecule has 178 valence electrons. The van der Waals surface area contributed by atoms with Crippen molar-refractivity contribution in [3.8, 4) is 0 Å². The minimum Gasteiger partial charge on any atom is -0.444 e. The first-order chi connectivity index (χ1) is 15.0. The normalized spacial score (nSPS) is 15.6. The number of aliphatic hydroxyl groups is 1. The predicted octanol–water partition coefficient (Wildman–Crippen LogP) is 2.69. The molecule has 1 aliphatic rings. The van der Waals surface area contributed by atoms with Crippen LogP contribution in [0.3, 0.4) is 0 Å². The Bertz CT molecular complexity index is 797. The fraction of sp³-hybridized carbons (Fsp3) is 0.625. The first-order valence-electron chi connectivity index (χ1n) is 11.3. The SMILES string of the molecule is CCc1ccc(C(C(=O)NC(C)C)N(C(=O)C(CO)NC(=O)OC(C)(C)C)C2CC2)cc1. The van der Waals surface area contributed by atoms with Crippen LogP contribution in [0.1, 0.15) is 71.6 Å². The van der Waals surface area contributed by atoms with Crippen LogP contribution >= 0.6 is 0 Å². The van der Waals surface area contributed by atoms with Gasteiger partial charge in [-0.05, 0) is 65.0 Å². The largest absolute Gasteiger partial charge is 0.444 e. The summed E-state index contributed by atoms with van der Waals surface area (Å²) in [5, 5.41) is 15.2. The molecule has 0 bridgehead atoms. The van der Waals surface area contributed by atoms with Gasteiger partial charge in [0.2, 0.25) is 11.8 Å². The van der Waals surface area contributed by atoms with E-state index in [1.54, 1.807) is 20.8 Å². The molecule has 1 aliphatic carbocycles. The van der Waals surface area contributed by atoms with Crippen molar-refractivity contribution in [3.05, 3.63) is 35.4 Å².